The minimum atomic E-state index is 0.0203. The van der Waals surface area contributed by atoms with Gasteiger partial charge in [0.05, 0.1) is 0 Å². The van der Waals surface area contributed by atoms with E-state index in [9.17, 15) is 4.79 Å². The molecule has 1 amide bonds. The van der Waals surface area contributed by atoms with E-state index in [-0.39, 0.29) is 5.91 Å². The van der Waals surface area contributed by atoms with Crippen LogP contribution < -0.4 is 5.32 Å². The SMILES string of the molecule is CCCN(Cc1ccccc1)C(=O)c1n[nH]c2c1CNCC2. The van der Waals surface area contributed by atoms with Crippen LogP contribution in [-0.4, -0.2) is 34.1 Å². The summed E-state index contributed by atoms with van der Waals surface area (Å²) in [5.41, 5.74) is 3.85. The summed E-state index contributed by atoms with van der Waals surface area (Å²) in [5.74, 6) is 0.0203. The summed E-state index contributed by atoms with van der Waals surface area (Å²) in [6.07, 6.45) is 1.84. The largest absolute Gasteiger partial charge is 0.333 e. The van der Waals surface area contributed by atoms with Crippen LogP contribution in [0.1, 0.15) is 40.7 Å². The number of amides is 1. The summed E-state index contributed by atoms with van der Waals surface area (Å²) >= 11 is 0. The second kappa shape index (κ2) is 6.75. The zero-order valence-electron chi connectivity index (χ0n) is 12.9. The molecule has 0 saturated heterocycles. The fourth-order valence-electron chi connectivity index (χ4n) is 2.88. The summed E-state index contributed by atoms with van der Waals surface area (Å²) in [5, 5.41) is 10.6. The predicted molar refractivity (Wildman–Crippen MR) is 85.5 cm³/mol. The van der Waals surface area contributed by atoms with Gasteiger partial charge in [-0.25, -0.2) is 0 Å². The molecule has 1 aromatic heterocycles. The first-order chi connectivity index (χ1) is 10.8. The molecule has 0 aliphatic carbocycles. The number of carbonyl (C=O) groups is 1. The quantitative estimate of drug-likeness (QED) is 0.889. The van der Waals surface area contributed by atoms with Crippen LogP contribution in [0.15, 0.2) is 30.3 Å². The Morgan fingerprint density at radius 1 is 1.32 bits per heavy atom. The molecule has 2 aromatic rings. The van der Waals surface area contributed by atoms with E-state index in [0.29, 0.717) is 12.2 Å². The number of benzene rings is 1. The van der Waals surface area contributed by atoms with Crippen LogP contribution >= 0.6 is 0 Å². The average molecular weight is 298 g/mol. The highest BCUT2D eigenvalue weighted by atomic mass is 16.2. The van der Waals surface area contributed by atoms with E-state index in [1.54, 1.807) is 0 Å². The Kier molecular flexibility index (Phi) is 4.53. The molecule has 1 aromatic carbocycles. The maximum atomic E-state index is 12.9. The smallest absolute Gasteiger partial charge is 0.274 e. The Morgan fingerprint density at radius 2 is 2.14 bits per heavy atom. The highest BCUT2D eigenvalue weighted by molar-refractivity contribution is 5.94. The predicted octanol–water partition coefficient (Wildman–Crippen LogP) is 2.11. The van der Waals surface area contributed by atoms with Crippen molar-refractivity contribution in [2.75, 3.05) is 13.1 Å². The lowest BCUT2D eigenvalue weighted by atomic mass is 10.1. The van der Waals surface area contributed by atoms with Crippen molar-refractivity contribution in [2.24, 2.45) is 0 Å². The number of aromatic nitrogens is 2. The normalized spacial score (nSPS) is 13.7. The number of hydrogen-bond donors (Lipinski definition) is 2. The highest BCUT2D eigenvalue weighted by Crippen LogP contribution is 2.18. The van der Waals surface area contributed by atoms with Gasteiger partial charge in [-0.2, -0.15) is 5.10 Å². The molecule has 5 heteroatoms. The number of carbonyl (C=O) groups excluding carboxylic acids is 1. The van der Waals surface area contributed by atoms with Crippen molar-refractivity contribution in [1.82, 2.24) is 20.4 Å². The minimum absolute atomic E-state index is 0.0203. The molecule has 0 unspecified atom stereocenters. The minimum Gasteiger partial charge on any atom is -0.333 e. The van der Waals surface area contributed by atoms with E-state index in [1.807, 2.05) is 23.1 Å². The fourth-order valence-corrected chi connectivity index (χ4v) is 2.88. The topological polar surface area (TPSA) is 61.0 Å². The maximum Gasteiger partial charge on any atom is 0.274 e. The summed E-state index contributed by atoms with van der Waals surface area (Å²) in [6.45, 7) is 5.11. The first-order valence-electron chi connectivity index (χ1n) is 7.89. The van der Waals surface area contributed by atoms with Crippen LogP contribution in [0.5, 0.6) is 0 Å². The molecular formula is C17H22N4O. The molecule has 0 atom stereocenters. The Hall–Kier alpha value is -2.14. The molecule has 0 bridgehead atoms. The van der Waals surface area contributed by atoms with Gasteiger partial charge in [0.25, 0.3) is 5.91 Å². The fraction of sp³-hybridized carbons (Fsp3) is 0.412. The van der Waals surface area contributed by atoms with Crippen molar-refractivity contribution < 1.29 is 4.79 Å². The Labute approximate surface area is 130 Å². The van der Waals surface area contributed by atoms with Crippen LogP contribution in [0, 0.1) is 0 Å². The van der Waals surface area contributed by atoms with Gasteiger partial charge in [0.1, 0.15) is 0 Å². The molecule has 2 heterocycles. The van der Waals surface area contributed by atoms with Crippen molar-refractivity contribution in [3.05, 3.63) is 52.8 Å². The number of nitrogens with one attached hydrogen (secondary N) is 2. The molecule has 0 radical (unpaired) electrons. The third-order valence-corrected chi connectivity index (χ3v) is 4.01. The Bertz CT molecular complexity index is 635. The zero-order valence-corrected chi connectivity index (χ0v) is 12.9. The van der Waals surface area contributed by atoms with Crippen LogP contribution in [0.4, 0.5) is 0 Å². The Morgan fingerprint density at radius 3 is 2.91 bits per heavy atom. The van der Waals surface area contributed by atoms with Gasteiger partial charge in [0.2, 0.25) is 0 Å². The third kappa shape index (κ3) is 3.04. The lowest BCUT2D eigenvalue weighted by molar-refractivity contribution is 0.0736. The molecule has 1 aliphatic rings. The molecule has 2 N–H and O–H groups in total. The monoisotopic (exact) mass is 298 g/mol. The summed E-state index contributed by atoms with van der Waals surface area (Å²) in [6, 6.07) is 10.1. The van der Waals surface area contributed by atoms with Crippen LogP contribution in [-0.2, 0) is 19.5 Å². The summed E-state index contributed by atoms with van der Waals surface area (Å²) in [4.78, 5) is 14.8. The lowest BCUT2D eigenvalue weighted by Gasteiger charge is -2.22. The molecule has 3 rings (SSSR count). The van der Waals surface area contributed by atoms with Crippen molar-refractivity contribution >= 4 is 5.91 Å². The average Bonchev–Trinajstić information content (AvgIpc) is 2.99. The van der Waals surface area contributed by atoms with Crippen molar-refractivity contribution in [3.63, 3.8) is 0 Å². The second-order valence-electron chi connectivity index (χ2n) is 5.67. The standard InChI is InChI=1S/C17H22N4O/c1-2-10-21(12-13-6-4-3-5-7-13)17(22)16-14-11-18-9-8-15(14)19-20-16/h3-7,18H,2,8-12H2,1H3,(H,19,20). The lowest BCUT2D eigenvalue weighted by Crippen LogP contribution is -2.33. The molecule has 0 spiro atoms. The van der Waals surface area contributed by atoms with Crippen molar-refractivity contribution in [1.29, 1.82) is 0 Å². The van der Waals surface area contributed by atoms with Crippen molar-refractivity contribution in [2.45, 2.75) is 32.9 Å². The van der Waals surface area contributed by atoms with Gasteiger partial charge in [-0.1, -0.05) is 37.3 Å². The van der Waals surface area contributed by atoms with E-state index in [0.717, 1.165) is 49.3 Å². The molecule has 116 valence electrons. The van der Waals surface area contributed by atoms with Crippen LogP contribution in [0.25, 0.3) is 0 Å². The zero-order chi connectivity index (χ0) is 15.4. The second-order valence-corrected chi connectivity index (χ2v) is 5.67. The van der Waals surface area contributed by atoms with Gasteiger partial charge in [0.15, 0.2) is 5.69 Å². The summed E-state index contributed by atoms with van der Waals surface area (Å²) < 4.78 is 0. The van der Waals surface area contributed by atoms with E-state index in [1.165, 1.54) is 0 Å². The third-order valence-electron chi connectivity index (χ3n) is 4.01. The molecule has 5 nitrogen and oxygen atoms in total. The molecule has 22 heavy (non-hydrogen) atoms. The number of hydrogen-bond acceptors (Lipinski definition) is 3. The highest BCUT2D eigenvalue weighted by Gasteiger charge is 2.25. The van der Waals surface area contributed by atoms with E-state index >= 15 is 0 Å². The molecule has 1 aliphatic heterocycles. The van der Waals surface area contributed by atoms with Gasteiger partial charge in [-0.15, -0.1) is 0 Å². The van der Waals surface area contributed by atoms with Gasteiger partial charge >= 0.3 is 0 Å². The van der Waals surface area contributed by atoms with Crippen molar-refractivity contribution in [3.8, 4) is 0 Å². The first-order valence-corrected chi connectivity index (χ1v) is 7.89. The Balaban J connectivity index is 1.82. The maximum absolute atomic E-state index is 12.9. The molecule has 0 saturated carbocycles. The van der Waals surface area contributed by atoms with Crippen LogP contribution in [0.3, 0.4) is 0 Å². The number of H-pyrrole nitrogens is 1. The molecular weight excluding hydrogens is 276 g/mol. The number of fused-ring (bicyclic) bond motifs is 1. The van der Waals surface area contributed by atoms with Gasteiger partial charge < -0.3 is 10.2 Å². The van der Waals surface area contributed by atoms with Gasteiger partial charge in [-0.3, -0.25) is 9.89 Å². The van der Waals surface area contributed by atoms with Gasteiger partial charge in [-0.05, 0) is 12.0 Å². The van der Waals surface area contributed by atoms with Gasteiger partial charge in [0, 0.05) is 43.9 Å². The van der Waals surface area contributed by atoms with E-state index in [4.69, 9.17) is 0 Å². The number of nitrogens with zero attached hydrogens (tertiary/aromatic N) is 2. The van der Waals surface area contributed by atoms with Crippen LogP contribution in [0.2, 0.25) is 0 Å². The van der Waals surface area contributed by atoms with E-state index in [2.05, 4.69) is 34.6 Å². The number of rotatable bonds is 5. The first kappa shape index (κ1) is 14.8. The summed E-state index contributed by atoms with van der Waals surface area (Å²) in [7, 11) is 0. The molecule has 0 fully saturated rings. The van der Waals surface area contributed by atoms with E-state index < -0.39 is 0 Å². The number of aromatic amines is 1.